The number of nitrogens with zero attached hydrogens (tertiary/aromatic N) is 5. The van der Waals surface area contributed by atoms with Gasteiger partial charge in [-0.2, -0.15) is 5.10 Å². The Labute approximate surface area is 187 Å². The second kappa shape index (κ2) is 8.81. The first kappa shape index (κ1) is 20.8. The summed E-state index contributed by atoms with van der Waals surface area (Å²) < 4.78 is 23.7. The maximum absolute atomic E-state index is 14.0. The maximum Gasteiger partial charge on any atom is 0.164 e. The van der Waals surface area contributed by atoms with Gasteiger partial charge in [-0.15, -0.1) is 0 Å². The van der Waals surface area contributed by atoms with Crippen molar-refractivity contribution in [3.63, 3.8) is 0 Å². The molecule has 0 amide bonds. The molecule has 32 heavy (non-hydrogen) atoms. The second-order valence-electron chi connectivity index (χ2n) is 7.84. The Hall–Kier alpha value is -3.09. The first-order valence-electron chi connectivity index (χ1n) is 10.6. The van der Waals surface area contributed by atoms with Gasteiger partial charge < -0.3 is 10.5 Å². The van der Waals surface area contributed by atoms with Crippen molar-refractivity contribution in [3.8, 4) is 22.8 Å². The molecule has 4 aromatic rings. The van der Waals surface area contributed by atoms with E-state index >= 15 is 0 Å². The molecule has 1 saturated heterocycles. The molecule has 2 aromatic carbocycles. The molecule has 2 atom stereocenters. The maximum atomic E-state index is 14.0. The minimum atomic E-state index is -1.63. The summed E-state index contributed by atoms with van der Waals surface area (Å²) in [7, 11) is -1.63. The Morgan fingerprint density at radius 1 is 1.06 bits per heavy atom. The Morgan fingerprint density at radius 3 is 2.56 bits per heavy atom. The van der Waals surface area contributed by atoms with Crippen LogP contribution in [-0.4, -0.2) is 44.2 Å². The lowest BCUT2D eigenvalue weighted by atomic mass is 10.1. The fraction of sp³-hybridized carbons (Fsp3) is 0.261. The third-order valence-corrected chi connectivity index (χ3v) is 6.88. The molecule has 164 valence electrons. The Bertz CT molecular complexity index is 1210. The number of aromatic nitrogens is 4. The molecule has 9 heteroatoms. The van der Waals surface area contributed by atoms with E-state index in [2.05, 4.69) is 9.97 Å². The van der Waals surface area contributed by atoms with Crippen LogP contribution in [0.25, 0.3) is 22.3 Å². The van der Waals surface area contributed by atoms with Crippen LogP contribution in [0.3, 0.4) is 0 Å². The molecule has 1 aliphatic heterocycles. The number of ether oxygens (including phenoxy) is 1. The third-order valence-electron chi connectivity index (χ3n) is 5.74. The number of halogens is 1. The number of hydrogen-bond donors (Lipinski definition) is 1. The molecule has 1 fully saturated rings. The minimum absolute atomic E-state index is 0.0377. The monoisotopic (exact) mass is 450 g/mol. The van der Waals surface area contributed by atoms with Crippen LogP contribution in [0.5, 0.6) is 11.5 Å². The second-order valence-corrected chi connectivity index (χ2v) is 9.30. The highest BCUT2D eigenvalue weighted by Crippen LogP contribution is 2.42. The van der Waals surface area contributed by atoms with E-state index < -0.39 is 8.38 Å². The van der Waals surface area contributed by atoms with Crippen molar-refractivity contribution >= 4 is 25.2 Å². The summed E-state index contributed by atoms with van der Waals surface area (Å²) in [6.45, 7) is 3.04. The van der Waals surface area contributed by atoms with Crippen LogP contribution >= 0.6 is 8.38 Å². The van der Waals surface area contributed by atoms with Crippen LogP contribution in [0.1, 0.15) is 18.9 Å². The quantitative estimate of drug-likeness (QED) is 0.409. The van der Waals surface area contributed by atoms with E-state index in [0.717, 1.165) is 47.5 Å². The molecule has 2 unspecified atom stereocenters. The predicted molar refractivity (Wildman–Crippen MR) is 125 cm³/mol. The van der Waals surface area contributed by atoms with Crippen LogP contribution in [0, 0.1) is 0 Å². The lowest BCUT2D eigenvalue weighted by molar-refractivity contribution is 0.262. The van der Waals surface area contributed by atoms with Crippen molar-refractivity contribution in [1.29, 1.82) is 0 Å². The number of anilines is 1. The molecule has 0 bridgehead atoms. The zero-order chi connectivity index (χ0) is 22.1. The van der Waals surface area contributed by atoms with E-state index in [-0.39, 0.29) is 6.04 Å². The summed E-state index contributed by atoms with van der Waals surface area (Å²) in [4.78, 5) is 8.67. The summed E-state index contributed by atoms with van der Waals surface area (Å²) in [6, 6.07) is 17.4. The summed E-state index contributed by atoms with van der Waals surface area (Å²) in [5, 5.41) is 5.63. The molecule has 0 spiro atoms. The molecule has 5 rings (SSSR count). The molecule has 0 saturated carbocycles. The number of nitrogens with two attached hydrogens (primary N) is 1. The average Bonchev–Trinajstić information content (AvgIpc) is 3.21. The van der Waals surface area contributed by atoms with Gasteiger partial charge in [-0.3, -0.25) is 4.67 Å². The third kappa shape index (κ3) is 4.04. The normalized spacial score (nSPS) is 18.0. The number of hydrogen-bond acceptors (Lipinski definition) is 6. The zero-order valence-electron chi connectivity index (χ0n) is 17.7. The highest BCUT2D eigenvalue weighted by atomic mass is 31.2. The summed E-state index contributed by atoms with van der Waals surface area (Å²) >= 11 is 0. The Balaban J connectivity index is 1.50. The van der Waals surface area contributed by atoms with E-state index in [4.69, 9.17) is 15.6 Å². The predicted octanol–water partition coefficient (Wildman–Crippen LogP) is 5.42. The highest BCUT2D eigenvalue weighted by molar-refractivity contribution is 7.48. The van der Waals surface area contributed by atoms with E-state index in [0.29, 0.717) is 18.0 Å². The van der Waals surface area contributed by atoms with Gasteiger partial charge in [-0.1, -0.05) is 18.2 Å². The van der Waals surface area contributed by atoms with Gasteiger partial charge in [-0.05, 0) is 55.9 Å². The molecule has 2 aromatic heterocycles. The van der Waals surface area contributed by atoms with Gasteiger partial charge >= 0.3 is 0 Å². The fourth-order valence-corrected chi connectivity index (χ4v) is 4.97. The molecular weight excluding hydrogens is 426 g/mol. The van der Waals surface area contributed by atoms with Crippen LogP contribution in [0.15, 0.2) is 60.9 Å². The molecule has 7 nitrogen and oxygen atoms in total. The molecule has 3 heterocycles. The number of para-hydroxylation sites is 1. The van der Waals surface area contributed by atoms with Crippen molar-refractivity contribution in [1.82, 2.24) is 24.4 Å². The van der Waals surface area contributed by atoms with Gasteiger partial charge in [0.05, 0.1) is 11.4 Å². The van der Waals surface area contributed by atoms with Crippen LogP contribution in [0.4, 0.5) is 10.0 Å². The smallest absolute Gasteiger partial charge is 0.164 e. The standard InChI is InChI=1S/C23H24FN6OP/c1-32(24)29-13-5-6-17(14-29)30-23-20(22(25)26-15-27-23)21(28-30)16-9-11-19(12-10-16)31-18-7-3-2-4-8-18/h2-4,7-12,15,17H,5-6,13-14H2,1H3,(H2,25,26,27). The van der Waals surface area contributed by atoms with Crippen LogP contribution < -0.4 is 10.5 Å². The number of benzene rings is 2. The molecular formula is C23H24FN6OP. The van der Waals surface area contributed by atoms with Crippen molar-refractivity contribution < 1.29 is 8.93 Å². The van der Waals surface area contributed by atoms with Gasteiger partial charge in [0.25, 0.3) is 0 Å². The van der Waals surface area contributed by atoms with Gasteiger partial charge in [0.1, 0.15) is 29.3 Å². The summed E-state index contributed by atoms with van der Waals surface area (Å²) in [5.41, 5.74) is 8.55. The number of rotatable bonds is 5. The van der Waals surface area contributed by atoms with E-state index in [1.165, 1.54) is 6.33 Å². The first-order chi connectivity index (χ1) is 15.6. The zero-order valence-corrected chi connectivity index (χ0v) is 18.6. The summed E-state index contributed by atoms with van der Waals surface area (Å²) in [6.07, 6.45) is 3.30. The average molecular weight is 450 g/mol. The summed E-state index contributed by atoms with van der Waals surface area (Å²) in [5.74, 6) is 1.89. The molecule has 0 radical (unpaired) electrons. The van der Waals surface area contributed by atoms with Crippen LogP contribution in [-0.2, 0) is 0 Å². The van der Waals surface area contributed by atoms with Gasteiger partial charge in [0.15, 0.2) is 14.0 Å². The number of piperidine rings is 1. The van der Waals surface area contributed by atoms with Gasteiger partial charge in [-0.25, -0.2) is 18.8 Å². The minimum Gasteiger partial charge on any atom is -0.457 e. The van der Waals surface area contributed by atoms with Crippen LogP contribution in [0.2, 0.25) is 0 Å². The van der Waals surface area contributed by atoms with Crippen molar-refractivity contribution in [3.05, 3.63) is 60.9 Å². The Morgan fingerprint density at radius 2 is 1.81 bits per heavy atom. The fourth-order valence-electron chi connectivity index (χ4n) is 4.14. The lowest BCUT2D eigenvalue weighted by Crippen LogP contribution is -2.33. The van der Waals surface area contributed by atoms with Crippen molar-refractivity contribution in [2.24, 2.45) is 0 Å². The van der Waals surface area contributed by atoms with Crippen molar-refractivity contribution in [2.75, 3.05) is 25.5 Å². The van der Waals surface area contributed by atoms with E-state index in [1.54, 1.807) is 6.66 Å². The van der Waals surface area contributed by atoms with Crippen molar-refractivity contribution in [2.45, 2.75) is 18.9 Å². The number of nitrogen functional groups attached to an aromatic ring is 1. The van der Waals surface area contributed by atoms with Gasteiger partial charge in [0.2, 0.25) is 0 Å². The molecule has 1 aliphatic rings. The lowest BCUT2D eigenvalue weighted by Gasteiger charge is -2.33. The topological polar surface area (TPSA) is 82.1 Å². The Kier molecular flexibility index (Phi) is 5.72. The molecule has 0 aliphatic carbocycles. The molecule has 2 N–H and O–H groups in total. The van der Waals surface area contributed by atoms with E-state index in [9.17, 15) is 4.20 Å². The largest absolute Gasteiger partial charge is 0.457 e. The van der Waals surface area contributed by atoms with Gasteiger partial charge in [0, 0.05) is 18.7 Å². The SMILES string of the molecule is CP(F)N1CCCC(n2nc(-c3ccc(Oc4ccccc4)cc3)c3c(N)ncnc32)C1. The first-order valence-corrected chi connectivity index (χ1v) is 12.2. The highest BCUT2D eigenvalue weighted by Gasteiger charge is 2.28. The van der Waals surface area contributed by atoms with E-state index in [1.807, 2.05) is 63.9 Å². The number of fused-ring (bicyclic) bond motifs is 1.